The molecule has 2 rings (SSSR count). The molecule has 122 valence electrons. The van der Waals surface area contributed by atoms with Crippen LogP contribution in [-0.4, -0.2) is 33.4 Å². The van der Waals surface area contributed by atoms with E-state index < -0.39 is 0 Å². The van der Waals surface area contributed by atoms with Crippen molar-refractivity contribution < 1.29 is 0 Å². The van der Waals surface area contributed by atoms with Gasteiger partial charge in [-0.25, -0.2) is 0 Å². The zero-order valence-electron chi connectivity index (χ0n) is 14.5. The van der Waals surface area contributed by atoms with Gasteiger partial charge in [-0.2, -0.15) is 5.10 Å². The third-order valence-corrected chi connectivity index (χ3v) is 3.81. The van der Waals surface area contributed by atoms with E-state index in [0.717, 1.165) is 24.3 Å². The van der Waals surface area contributed by atoms with Crippen LogP contribution in [0.25, 0.3) is 0 Å². The van der Waals surface area contributed by atoms with Crippen molar-refractivity contribution in [1.82, 2.24) is 0 Å². The van der Waals surface area contributed by atoms with Gasteiger partial charge in [0.1, 0.15) is 0 Å². The van der Waals surface area contributed by atoms with Gasteiger partial charge in [-0.05, 0) is 55.8 Å². The Bertz CT molecular complexity index is 611. The monoisotopic (exact) mass is 310 g/mol. The summed E-state index contributed by atoms with van der Waals surface area (Å²) in [6.45, 7) is 6.39. The molecule has 0 bridgehead atoms. The molecule has 0 aliphatic heterocycles. The predicted molar refractivity (Wildman–Crippen MR) is 102 cm³/mol. The molecule has 0 radical (unpaired) electrons. The van der Waals surface area contributed by atoms with Gasteiger partial charge in [-0.3, -0.25) is 5.43 Å². The van der Waals surface area contributed by atoms with Crippen LogP contribution in [0.2, 0.25) is 0 Å². The summed E-state index contributed by atoms with van der Waals surface area (Å²) in [5.74, 6) is 0. The van der Waals surface area contributed by atoms with Crippen LogP contribution < -0.4 is 15.2 Å². The Morgan fingerprint density at radius 2 is 1.43 bits per heavy atom. The molecule has 0 saturated heterocycles. The van der Waals surface area contributed by atoms with E-state index in [1.807, 2.05) is 32.4 Å². The predicted octanol–water partition coefficient (Wildman–Crippen LogP) is 4.04. The minimum absolute atomic E-state index is 0.978. The highest BCUT2D eigenvalue weighted by atomic mass is 15.3. The first-order valence-electron chi connectivity index (χ1n) is 8.05. The summed E-state index contributed by atoms with van der Waals surface area (Å²) >= 11 is 0. The maximum Gasteiger partial charge on any atom is 0.0563 e. The van der Waals surface area contributed by atoms with Gasteiger partial charge in [-0.15, -0.1) is 0 Å². The highest BCUT2D eigenvalue weighted by Gasteiger charge is 2.00. The van der Waals surface area contributed by atoms with E-state index in [0.29, 0.717) is 0 Å². The fourth-order valence-corrected chi connectivity index (χ4v) is 2.38. The second-order valence-corrected chi connectivity index (χ2v) is 5.58. The first kappa shape index (κ1) is 16.9. The zero-order valence-corrected chi connectivity index (χ0v) is 14.5. The quantitative estimate of drug-likeness (QED) is 0.618. The van der Waals surface area contributed by atoms with Gasteiger partial charge in [-0.1, -0.05) is 12.1 Å². The summed E-state index contributed by atoms with van der Waals surface area (Å²) < 4.78 is 0. The van der Waals surface area contributed by atoms with E-state index in [1.165, 1.54) is 11.4 Å². The highest BCUT2D eigenvalue weighted by molar-refractivity contribution is 5.81. The third-order valence-electron chi connectivity index (χ3n) is 3.81. The number of nitrogens with one attached hydrogen (secondary N) is 1. The van der Waals surface area contributed by atoms with E-state index in [9.17, 15) is 0 Å². The molecule has 0 aliphatic rings. The number of hydrogen-bond donors (Lipinski definition) is 1. The van der Waals surface area contributed by atoms with Crippen LogP contribution in [0, 0.1) is 0 Å². The van der Waals surface area contributed by atoms with E-state index in [-0.39, 0.29) is 0 Å². The van der Waals surface area contributed by atoms with Crippen LogP contribution >= 0.6 is 0 Å². The maximum absolute atomic E-state index is 4.30. The average molecular weight is 310 g/mol. The van der Waals surface area contributed by atoms with Gasteiger partial charge in [0, 0.05) is 38.6 Å². The Morgan fingerprint density at radius 1 is 0.870 bits per heavy atom. The first-order valence-corrected chi connectivity index (χ1v) is 8.05. The lowest BCUT2D eigenvalue weighted by Gasteiger charge is -2.20. The molecule has 0 fully saturated rings. The number of rotatable bonds is 7. The second kappa shape index (κ2) is 8.22. The van der Waals surface area contributed by atoms with E-state index in [2.05, 4.69) is 70.6 Å². The summed E-state index contributed by atoms with van der Waals surface area (Å²) in [5, 5.41) is 4.30. The number of nitrogens with zero attached hydrogens (tertiary/aromatic N) is 3. The molecule has 2 aromatic rings. The number of hydrazone groups is 1. The lowest BCUT2D eigenvalue weighted by Crippen LogP contribution is -2.21. The van der Waals surface area contributed by atoms with Crippen LogP contribution in [0.4, 0.5) is 17.1 Å². The normalized spacial score (nSPS) is 10.8. The summed E-state index contributed by atoms with van der Waals surface area (Å²) in [5.41, 5.74) is 7.54. The maximum atomic E-state index is 4.30. The number of hydrogen-bond acceptors (Lipinski definition) is 4. The van der Waals surface area contributed by atoms with Gasteiger partial charge in [0.25, 0.3) is 0 Å². The van der Waals surface area contributed by atoms with Crippen molar-refractivity contribution >= 4 is 23.3 Å². The molecule has 0 aliphatic carbocycles. The van der Waals surface area contributed by atoms with Gasteiger partial charge < -0.3 is 9.80 Å². The zero-order chi connectivity index (χ0) is 16.7. The SMILES string of the molecule is CCN(CC)c1ccc(/C=N/Nc2ccc(N(C)C)cc2)cc1. The molecule has 1 N–H and O–H groups in total. The Balaban J connectivity index is 1.95. The fourth-order valence-electron chi connectivity index (χ4n) is 2.38. The van der Waals surface area contributed by atoms with Crippen LogP contribution in [0.1, 0.15) is 19.4 Å². The molecule has 4 nitrogen and oxygen atoms in total. The largest absolute Gasteiger partial charge is 0.378 e. The molecule has 2 aromatic carbocycles. The molecule has 0 atom stereocenters. The molecule has 4 heteroatoms. The van der Waals surface area contributed by atoms with Crippen molar-refractivity contribution in [1.29, 1.82) is 0 Å². The van der Waals surface area contributed by atoms with Crippen molar-refractivity contribution in [2.75, 3.05) is 42.4 Å². The molecule has 0 amide bonds. The van der Waals surface area contributed by atoms with E-state index in [4.69, 9.17) is 0 Å². The lowest BCUT2D eigenvalue weighted by atomic mass is 10.2. The van der Waals surface area contributed by atoms with Crippen molar-refractivity contribution in [3.63, 3.8) is 0 Å². The molecule has 0 unspecified atom stereocenters. The summed E-state index contributed by atoms with van der Waals surface area (Å²) in [6, 6.07) is 16.6. The van der Waals surface area contributed by atoms with Gasteiger partial charge in [0.05, 0.1) is 11.9 Å². The molecule has 0 heterocycles. The van der Waals surface area contributed by atoms with Crippen molar-refractivity contribution in [3.8, 4) is 0 Å². The first-order chi connectivity index (χ1) is 11.1. The average Bonchev–Trinajstić information content (AvgIpc) is 2.58. The van der Waals surface area contributed by atoms with E-state index in [1.54, 1.807) is 0 Å². The van der Waals surface area contributed by atoms with Gasteiger partial charge in [0.15, 0.2) is 0 Å². The Morgan fingerprint density at radius 3 is 1.96 bits per heavy atom. The summed E-state index contributed by atoms with van der Waals surface area (Å²) in [7, 11) is 4.06. The smallest absolute Gasteiger partial charge is 0.0563 e. The minimum Gasteiger partial charge on any atom is -0.378 e. The van der Waals surface area contributed by atoms with Gasteiger partial charge >= 0.3 is 0 Å². The van der Waals surface area contributed by atoms with E-state index >= 15 is 0 Å². The van der Waals surface area contributed by atoms with Crippen molar-refractivity contribution in [2.45, 2.75) is 13.8 Å². The Hall–Kier alpha value is -2.49. The molecule has 0 spiro atoms. The van der Waals surface area contributed by atoms with Crippen LogP contribution in [-0.2, 0) is 0 Å². The standard InChI is InChI=1S/C19H26N4/c1-5-23(6-2)19-11-7-16(8-12-19)15-20-21-17-9-13-18(14-10-17)22(3)4/h7-15,21H,5-6H2,1-4H3/b20-15+. The molecule has 0 aromatic heterocycles. The fraction of sp³-hybridized carbons (Fsp3) is 0.316. The number of anilines is 3. The van der Waals surface area contributed by atoms with Crippen molar-refractivity contribution in [3.05, 3.63) is 54.1 Å². The minimum atomic E-state index is 0.978. The lowest BCUT2D eigenvalue weighted by molar-refractivity contribution is 0.866. The third kappa shape index (κ3) is 4.74. The summed E-state index contributed by atoms with van der Waals surface area (Å²) in [6.07, 6.45) is 1.84. The molecule has 0 saturated carbocycles. The highest BCUT2D eigenvalue weighted by Crippen LogP contribution is 2.16. The van der Waals surface area contributed by atoms with Crippen LogP contribution in [0.3, 0.4) is 0 Å². The van der Waals surface area contributed by atoms with Gasteiger partial charge in [0.2, 0.25) is 0 Å². The number of benzene rings is 2. The summed E-state index contributed by atoms with van der Waals surface area (Å²) in [4.78, 5) is 4.40. The molecular formula is C19H26N4. The second-order valence-electron chi connectivity index (χ2n) is 5.58. The van der Waals surface area contributed by atoms with Crippen LogP contribution in [0.5, 0.6) is 0 Å². The topological polar surface area (TPSA) is 30.9 Å². The van der Waals surface area contributed by atoms with Crippen LogP contribution in [0.15, 0.2) is 53.6 Å². The van der Waals surface area contributed by atoms with Crippen molar-refractivity contribution in [2.24, 2.45) is 5.10 Å². The molecule has 23 heavy (non-hydrogen) atoms. The Kier molecular flexibility index (Phi) is 6.03. The Labute approximate surface area is 139 Å². The molecular weight excluding hydrogens is 284 g/mol.